The lowest BCUT2D eigenvalue weighted by atomic mass is 9.87. The number of amides is 1. The zero-order valence-electron chi connectivity index (χ0n) is 18.3. The van der Waals surface area contributed by atoms with Gasteiger partial charge in [0.2, 0.25) is 5.88 Å². The number of pyridine rings is 2. The molecule has 3 aromatic rings. The van der Waals surface area contributed by atoms with Crippen molar-refractivity contribution in [3.63, 3.8) is 0 Å². The quantitative estimate of drug-likeness (QED) is 0.578. The van der Waals surface area contributed by atoms with E-state index in [-0.39, 0.29) is 17.9 Å². The summed E-state index contributed by atoms with van der Waals surface area (Å²) < 4.78 is 5.83. The second kappa shape index (κ2) is 10.2. The monoisotopic (exact) mass is 419 g/mol. The van der Waals surface area contributed by atoms with Crippen LogP contribution in [0, 0.1) is 0 Å². The molecule has 0 fully saturated rings. The largest absolute Gasteiger partial charge is 0.439 e. The fraction of sp³-hybridized carbons (Fsp3) is 0.320. The Balaban J connectivity index is 1.68. The highest BCUT2D eigenvalue weighted by Crippen LogP contribution is 2.26. The first-order valence-electron chi connectivity index (χ1n) is 10.4. The minimum Gasteiger partial charge on any atom is -0.439 e. The van der Waals surface area contributed by atoms with Gasteiger partial charge in [-0.05, 0) is 53.3 Å². The molecule has 0 saturated heterocycles. The number of ether oxygens (including phenoxy) is 1. The van der Waals surface area contributed by atoms with E-state index in [1.54, 1.807) is 29.4 Å². The van der Waals surface area contributed by atoms with Gasteiger partial charge in [-0.1, -0.05) is 32.9 Å². The molecule has 3 rings (SSSR count). The molecule has 162 valence electrons. The molecule has 6 heteroatoms. The summed E-state index contributed by atoms with van der Waals surface area (Å²) in [5.74, 6) is 0.983. The van der Waals surface area contributed by atoms with Crippen molar-refractivity contribution in [2.75, 3.05) is 13.2 Å². The van der Waals surface area contributed by atoms with Gasteiger partial charge < -0.3 is 14.7 Å². The number of nitrogens with zero attached hydrogens (tertiary/aromatic N) is 3. The molecule has 0 aliphatic heterocycles. The molecule has 1 amide bonds. The maximum atomic E-state index is 13.0. The Labute approximate surface area is 183 Å². The van der Waals surface area contributed by atoms with Crippen LogP contribution in [-0.2, 0) is 12.0 Å². The minimum atomic E-state index is -0.140. The Morgan fingerprint density at radius 2 is 1.74 bits per heavy atom. The highest BCUT2D eigenvalue weighted by atomic mass is 16.5. The first-order chi connectivity index (χ1) is 14.9. The molecule has 0 unspecified atom stereocenters. The van der Waals surface area contributed by atoms with Crippen molar-refractivity contribution in [3.05, 3.63) is 83.8 Å². The van der Waals surface area contributed by atoms with E-state index in [0.717, 1.165) is 5.56 Å². The molecule has 0 atom stereocenters. The molecule has 0 spiro atoms. The van der Waals surface area contributed by atoms with Crippen molar-refractivity contribution in [3.8, 4) is 11.6 Å². The fourth-order valence-corrected chi connectivity index (χ4v) is 3.12. The van der Waals surface area contributed by atoms with Gasteiger partial charge >= 0.3 is 0 Å². The Bertz CT molecular complexity index is 966. The van der Waals surface area contributed by atoms with Crippen molar-refractivity contribution in [1.29, 1.82) is 0 Å². The van der Waals surface area contributed by atoms with E-state index < -0.39 is 0 Å². The number of aromatic nitrogens is 2. The van der Waals surface area contributed by atoms with Crippen LogP contribution in [-0.4, -0.2) is 39.0 Å². The Morgan fingerprint density at radius 3 is 2.32 bits per heavy atom. The van der Waals surface area contributed by atoms with Crippen molar-refractivity contribution >= 4 is 5.91 Å². The van der Waals surface area contributed by atoms with Crippen molar-refractivity contribution in [2.24, 2.45) is 0 Å². The van der Waals surface area contributed by atoms with E-state index in [1.165, 1.54) is 11.8 Å². The lowest BCUT2D eigenvalue weighted by Gasteiger charge is -2.22. The molecular formula is C25H29N3O3. The predicted octanol–water partition coefficient (Wildman–Crippen LogP) is 4.59. The summed E-state index contributed by atoms with van der Waals surface area (Å²) >= 11 is 0. The number of aliphatic hydroxyl groups excluding tert-OH is 1. The summed E-state index contributed by atoms with van der Waals surface area (Å²) in [6.07, 6.45) is 5.44. The number of aliphatic hydroxyl groups is 1. The van der Waals surface area contributed by atoms with Gasteiger partial charge in [-0.15, -0.1) is 0 Å². The van der Waals surface area contributed by atoms with Gasteiger partial charge in [-0.3, -0.25) is 9.78 Å². The highest BCUT2D eigenvalue weighted by Gasteiger charge is 2.17. The predicted molar refractivity (Wildman–Crippen MR) is 120 cm³/mol. The van der Waals surface area contributed by atoms with E-state index in [9.17, 15) is 9.90 Å². The Kier molecular flexibility index (Phi) is 7.36. The molecule has 0 bridgehead atoms. The topological polar surface area (TPSA) is 75.5 Å². The second-order valence-electron chi connectivity index (χ2n) is 8.42. The number of benzene rings is 1. The molecule has 0 radical (unpaired) electrons. The molecule has 2 aromatic heterocycles. The van der Waals surface area contributed by atoms with E-state index in [2.05, 4.69) is 30.7 Å². The third-order valence-corrected chi connectivity index (χ3v) is 4.92. The second-order valence-corrected chi connectivity index (χ2v) is 8.42. The molecule has 1 aromatic carbocycles. The van der Waals surface area contributed by atoms with Crippen LogP contribution in [0.15, 0.2) is 67.1 Å². The van der Waals surface area contributed by atoms with E-state index in [1.807, 2.05) is 36.4 Å². The maximum absolute atomic E-state index is 13.0. The first-order valence-corrected chi connectivity index (χ1v) is 10.4. The zero-order valence-corrected chi connectivity index (χ0v) is 18.3. The van der Waals surface area contributed by atoms with Gasteiger partial charge in [0.05, 0.1) is 5.56 Å². The van der Waals surface area contributed by atoms with Crippen LogP contribution in [0.3, 0.4) is 0 Å². The molecular weight excluding hydrogens is 390 g/mol. The Morgan fingerprint density at radius 1 is 1.03 bits per heavy atom. The molecule has 1 N–H and O–H groups in total. The average molecular weight is 420 g/mol. The third-order valence-electron chi connectivity index (χ3n) is 4.92. The number of carbonyl (C=O) groups excluding carboxylic acids is 1. The summed E-state index contributed by atoms with van der Waals surface area (Å²) in [6.45, 7) is 7.42. The lowest BCUT2D eigenvalue weighted by Crippen LogP contribution is -2.32. The van der Waals surface area contributed by atoms with Crippen LogP contribution in [0.1, 0.15) is 48.7 Å². The normalized spacial score (nSPS) is 11.2. The first kappa shape index (κ1) is 22.4. The maximum Gasteiger partial charge on any atom is 0.255 e. The highest BCUT2D eigenvalue weighted by molar-refractivity contribution is 5.94. The van der Waals surface area contributed by atoms with Crippen molar-refractivity contribution in [2.45, 2.75) is 39.2 Å². The molecule has 31 heavy (non-hydrogen) atoms. The summed E-state index contributed by atoms with van der Waals surface area (Å²) in [5.41, 5.74) is 2.76. The molecule has 0 aliphatic rings. The van der Waals surface area contributed by atoms with Crippen LogP contribution < -0.4 is 4.74 Å². The number of carbonyl (C=O) groups is 1. The lowest BCUT2D eigenvalue weighted by molar-refractivity contribution is 0.0731. The van der Waals surface area contributed by atoms with Crippen LogP contribution in [0.2, 0.25) is 0 Å². The number of hydrogen-bond acceptors (Lipinski definition) is 5. The SMILES string of the molecule is CC(C)(C)c1ccc(Oc2ccc(C(=O)N(CCCO)Cc3ccncc3)cn2)cc1. The van der Waals surface area contributed by atoms with Crippen molar-refractivity contribution < 1.29 is 14.6 Å². The molecule has 2 heterocycles. The van der Waals surface area contributed by atoms with Crippen LogP contribution in [0.5, 0.6) is 11.6 Å². The fourth-order valence-electron chi connectivity index (χ4n) is 3.12. The van der Waals surface area contributed by atoms with Crippen LogP contribution >= 0.6 is 0 Å². The van der Waals surface area contributed by atoms with E-state index in [0.29, 0.717) is 36.7 Å². The summed E-state index contributed by atoms with van der Waals surface area (Å²) in [5, 5.41) is 9.19. The average Bonchev–Trinajstić information content (AvgIpc) is 2.77. The smallest absolute Gasteiger partial charge is 0.255 e. The molecule has 6 nitrogen and oxygen atoms in total. The van der Waals surface area contributed by atoms with Gasteiger partial charge in [-0.2, -0.15) is 0 Å². The van der Waals surface area contributed by atoms with E-state index >= 15 is 0 Å². The van der Waals surface area contributed by atoms with Crippen LogP contribution in [0.25, 0.3) is 0 Å². The molecule has 0 aliphatic carbocycles. The Hall–Kier alpha value is -3.25. The van der Waals surface area contributed by atoms with Gasteiger partial charge in [0.1, 0.15) is 5.75 Å². The number of hydrogen-bond donors (Lipinski definition) is 1. The third kappa shape index (κ3) is 6.36. The zero-order chi connectivity index (χ0) is 22.3. The standard InChI is InChI=1S/C25H29N3O3/c1-25(2,3)21-6-8-22(9-7-21)31-23-10-5-20(17-27-23)24(30)28(15-4-16-29)18-19-11-13-26-14-12-19/h5-14,17,29H,4,15-16,18H2,1-3H3. The van der Waals surface area contributed by atoms with Gasteiger partial charge in [-0.25, -0.2) is 4.98 Å². The van der Waals surface area contributed by atoms with Gasteiger partial charge in [0.15, 0.2) is 0 Å². The minimum absolute atomic E-state index is 0.0269. The summed E-state index contributed by atoms with van der Waals surface area (Å²) in [4.78, 5) is 23.0. The summed E-state index contributed by atoms with van der Waals surface area (Å²) in [6, 6.07) is 15.1. The number of rotatable bonds is 8. The molecule has 0 saturated carbocycles. The van der Waals surface area contributed by atoms with E-state index in [4.69, 9.17) is 4.74 Å². The summed E-state index contributed by atoms with van der Waals surface area (Å²) in [7, 11) is 0. The van der Waals surface area contributed by atoms with Crippen molar-refractivity contribution in [1.82, 2.24) is 14.9 Å². The van der Waals surface area contributed by atoms with Gasteiger partial charge in [0, 0.05) is 44.4 Å². The van der Waals surface area contributed by atoms with Crippen LogP contribution in [0.4, 0.5) is 0 Å². The van der Waals surface area contributed by atoms with Gasteiger partial charge in [0.25, 0.3) is 5.91 Å².